The number of nitrogens with zero attached hydrogens (tertiary/aromatic N) is 5. The Morgan fingerprint density at radius 3 is 2.86 bits per heavy atom. The van der Waals surface area contributed by atoms with Crippen LogP contribution in [0.15, 0.2) is 61.1 Å². The van der Waals surface area contributed by atoms with Crippen LogP contribution in [0.25, 0.3) is 0 Å². The lowest BCUT2D eigenvalue weighted by Crippen LogP contribution is -2.39. The van der Waals surface area contributed by atoms with E-state index in [2.05, 4.69) is 26.3 Å². The zero-order valence-electron chi connectivity index (χ0n) is 16.2. The molecule has 3 heterocycles. The van der Waals surface area contributed by atoms with Crippen LogP contribution in [0.2, 0.25) is 0 Å². The van der Waals surface area contributed by atoms with Crippen molar-refractivity contribution in [2.24, 2.45) is 0 Å². The molecule has 0 aliphatic carbocycles. The lowest BCUT2D eigenvalue weighted by Gasteiger charge is -2.35. The number of likely N-dealkylation sites (tertiary alicyclic amines) is 1. The van der Waals surface area contributed by atoms with E-state index in [1.807, 2.05) is 59.7 Å². The minimum atomic E-state index is 0.445. The molecule has 0 saturated carbocycles. The number of para-hydroxylation sites is 1. The maximum atomic E-state index is 5.75. The number of ether oxygens (including phenoxy) is 1. The third-order valence-corrected chi connectivity index (χ3v) is 5.26. The number of hydrogen-bond acceptors (Lipinski definition) is 5. The van der Waals surface area contributed by atoms with Gasteiger partial charge in [-0.25, -0.2) is 0 Å². The van der Waals surface area contributed by atoms with Crippen molar-refractivity contribution >= 4 is 0 Å². The summed E-state index contributed by atoms with van der Waals surface area (Å²) in [5.41, 5.74) is 2.15. The Kier molecular flexibility index (Phi) is 6.29. The number of pyridine rings is 1. The van der Waals surface area contributed by atoms with Gasteiger partial charge in [0, 0.05) is 31.5 Å². The van der Waals surface area contributed by atoms with Gasteiger partial charge >= 0.3 is 0 Å². The topological polar surface area (TPSA) is 56.1 Å². The van der Waals surface area contributed by atoms with Crippen LogP contribution in [0, 0.1) is 0 Å². The second-order valence-electron chi connectivity index (χ2n) is 7.34. The summed E-state index contributed by atoms with van der Waals surface area (Å²) < 4.78 is 7.70. The molecule has 6 nitrogen and oxygen atoms in total. The van der Waals surface area contributed by atoms with E-state index in [9.17, 15) is 0 Å². The Hall–Kier alpha value is -2.73. The van der Waals surface area contributed by atoms with Gasteiger partial charge in [-0.05, 0) is 49.6 Å². The molecule has 0 bridgehead atoms. The van der Waals surface area contributed by atoms with Gasteiger partial charge in [0.05, 0.1) is 6.20 Å². The summed E-state index contributed by atoms with van der Waals surface area (Å²) in [6.07, 6.45) is 10.7. The van der Waals surface area contributed by atoms with Gasteiger partial charge in [-0.2, -0.15) is 0 Å². The van der Waals surface area contributed by atoms with Gasteiger partial charge in [-0.1, -0.05) is 35.9 Å². The summed E-state index contributed by atoms with van der Waals surface area (Å²) in [6, 6.07) is 14.6. The molecule has 1 aromatic carbocycles. The van der Waals surface area contributed by atoms with E-state index in [-0.39, 0.29) is 0 Å². The highest BCUT2D eigenvalue weighted by Gasteiger charge is 2.22. The van der Waals surface area contributed by atoms with Gasteiger partial charge in [0.25, 0.3) is 0 Å². The maximum Gasteiger partial charge on any atom is 0.134 e. The predicted molar refractivity (Wildman–Crippen MR) is 108 cm³/mol. The fraction of sp³-hybridized carbons (Fsp3) is 0.409. The van der Waals surface area contributed by atoms with Crippen molar-refractivity contribution in [3.05, 3.63) is 72.3 Å². The minimum absolute atomic E-state index is 0.445. The Balaban J connectivity index is 1.28. The van der Waals surface area contributed by atoms with Crippen molar-refractivity contribution in [1.82, 2.24) is 24.9 Å². The fourth-order valence-corrected chi connectivity index (χ4v) is 3.79. The Bertz CT molecular complexity index is 836. The van der Waals surface area contributed by atoms with Gasteiger partial charge in [0.15, 0.2) is 0 Å². The molecule has 1 aliphatic heterocycles. The number of rotatable bonds is 8. The smallest absolute Gasteiger partial charge is 0.134 e. The lowest BCUT2D eigenvalue weighted by atomic mass is 9.98. The first kappa shape index (κ1) is 18.6. The quantitative estimate of drug-likeness (QED) is 0.599. The van der Waals surface area contributed by atoms with Gasteiger partial charge in [-0.15, -0.1) is 5.10 Å². The Labute approximate surface area is 166 Å². The minimum Gasteiger partial charge on any atom is -0.487 e. The van der Waals surface area contributed by atoms with Crippen molar-refractivity contribution in [2.45, 2.75) is 51.4 Å². The molecule has 1 saturated heterocycles. The normalized spacial score (nSPS) is 17.5. The van der Waals surface area contributed by atoms with Crippen LogP contribution >= 0.6 is 0 Å². The third kappa shape index (κ3) is 5.16. The van der Waals surface area contributed by atoms with Crippen LogP contribution in [0.4, 0.5) is 0 Å². The third-order valence-electron chi connectivity index (χ3n) is 5.26. The van der Waals surface area contributed by atoms with Crippen molar-refractivity contribution in [3.63, 3.8) is 0 Å². The first-order chi connectivity index (χ1) is 13.9. The average molecular weight is 377 g/mol. The molecular weight excluding hydrogens is 350 g/mol. The molecule has 2 aromatic heterocycles. The highest BCUT2D eigenvalue weighted by molar-refractivity contribution is 5.21. The summed E-state index contributed by atoms with van der Waals surface area (Å²) in [5, 5.41) is 8.53. The standard InChI is InChI=1S/C22H27N5O/c1-2-9-22(10-3-1)28-18-20-17-27(25-24-20)14-11-21-8-4-5-13-26(21)16-19-7-6-12-23-15-19/h1-3,6-7,9-10,12,15,17,21H,4-5,8,11,13-14,16,18H2. The molecule has 0 amide bonds. The first-order valence-electron chi connectivity index (χ1n) is 10.1. The second-order valence-corrected chi connectivity index (χ2v) is 7.34. The fourth-order valence-electron chi connectivity index (χ4n) is 3.79. The van der Waals surface area contributed by atoms with E-state index in [0.717, 1.165) is 37.5 Å². The number of hydrogen-bond donors (Lipinski definition) is 0. The molecule has 1 fully saturated rings. The largest absolute Gasteiger partial charge is 0.487 e. The van der Waals surface area contributed by atoms with E-state index < -0.39 is 0 Å². The highest BCUT2D eigenvalue weighted by atomic mass is 16.5. The summed E-state index contributed by atoms with van der Waals surface area (Å²) in [6.45, 7) is 3.46. The Morgan fingerprint density at radius 2 is 2.00 bits per heavy atom. The molecular formula is C22H27N5O. The van der Waals surface area contributed by atoms with E-state index in [0.29, 0.717) is 12.6 Å². The maximum absolute atomic E-state index is 5.75. The van der Waals surface area contributed by atoms with Crippen molar-refractivity contribution in [3.8, 4) is 5.75 Å². The van der Waals surface area contributed by atoms with E-state index >= 15 is 0 Å². The zero-order chi connectivity index (χ0) is 19.0. The highest BCUT2D eigenvalue weighted by Crippen LogP contribution is 2.22. The SMILES string of the molecule is c1ccc(OCc2cn(CCC3CCCCN3Cc3cccnc3)nn2)cc1. The van der Waals surface area contributed by atoms with E-state index in [1.165, 1.54) is 24.8 Å². The molecule has 6 heteroatoms. The number of aryl methyl sites for hydroxylation is 1. The van der Waals surface area contributed by atoms with Gasteiger partial charge in [0.2, 0.25) is 0 Å². The summed E-state index contributed by atoms with van der Waals surface area (Å²) in [7, 11) is 0. The summed E-state index contributed by atoms with van der Waals surface area (Å²) >= 11 is 0. The van der Waals surface area contributed by atoms with Crippen molar-refractivity contribution in [1.29, 1.82) is 0 Å². The van der Waals surface area contributed by atoms with E-state index in [4.69, 9.17) is 4.74 Å². The molecule has 0 N–H and O–H groups in total. The van der Waals surface area contributed by atoms with Crippen LogP contribution in [-0.2, 0) is 19.7 Å². The molecule has 1 atom stereocenters. The molecule has 4 rings (SSSR count). The first-order valence-corrected chi connectivity index (χ1v) is 10.1. The molecule has 1 aliphatic rings. The van der Waals surface area contributed by atoms with E-state index in [1.54, 1.807) is 0 Å². The zero-order valence-corrected chi connectivity index (χ0v) is 16.2. The molecule has 1 unspecified atom stereocenters. The monoisotopic (exact) mass is 377 g/mol. The average Bonchev–Trinajstić information content (AvgIpc) is 3.21. The van der Waals surface area contributed by atoms with Crippen LogP contribution in [-0.4, -0.2) is 37.5 Å². The number of piperidine rings is 1. The van der Waals surface area contributed by atoms with Crippen LogP contribution in [0.5, 0.6) is 5.75 Å². The number of benzene rings is 1. The van der Waals surface area contributed by atoms with Crippen LogP contribution in [0.1, 0.15) is 36.9 Å². The van der Waals surface area contributed by atoms with Crippen LogP contribution in [0.3, 0.4) is 0 Å². The molecule has 0 radical (unpaired) electrons. The molecule has 3 aromatic rings. The van der Waals surface area contributed by atoms with Crippen molar-refractivity contribution < 1.29 is 4.74 Å². The van der Waals surface area contributed by atoms with Gasteiger partial charge in [-0.3, -0.25) is 14.6 Å². The second kappa shape index (κ2) is 9.46. The molecule has 146 valence electrons. The van der Waals surface area contributed by atoms with Crippen molar-refractivity contribution in [2.75, 3.05) is 6.54 Å². The molecule has 0 spiro atoms. The summed E-state index contributed by atoms with van der Waals surface area (Å²) in [5.74, 6) is 0.852. The summed E-state index contributed by atoms with van der Waals surface area (Å²) in [4.78, 5) is 6.84. The molecule has 28 heavy (non-hydrogen) atoms. The lowest BCUT2D eigenvalue weighted by molar-refractivity contribution is 0.127. The number of aromatic nitrogens is 4. The van der Waals surface area contributed by atoms with Gasteiger partial charge < -0.3 is 4.74 Å². The van der Waals surface area contributed by atoms with Gasteiger partial charge in [0.1, 0.15) is 18.1 Å². The Morgan fingerprint density at radius 1 is 1.07 bits per heavy atom. The van der Waals surface area contributed by atoms with Crippen LogP contribution < -0.4 is 4.74 Å². The predicted octanol–water partition coefficient (Wildman–Crippen LogP) is 3.70.